The molecule has 0 radical (unpaired) electrons. The van der Waals surface area contributed by atoms with Crippen molar-refractivity contribution in [1.29, 1.82) is 0 Å². The maximum atomic E-state index is 6.05. The quantitative estimate of drug-likeness (QED) is 0.863. The molecule has 2 bridgehead atoms. The number of aliphatic imine (C=N–C) groups is 1. The molecule has 4 aliphatic heterocycles. The second kappa shape index (κ2) is 5.99. The summed E-state index contributed by atoms with van der Waals surface area (Å²) in [4.78, 5) is 17.7. The number of hydrogen-bond donors (Lipinski definition) is 1. The molecule has 1 atom stereocenters. The number of amidine groups is 1. The lowest BCUT2D eigenvalue weighted by Crippen LogP contribution is -2.59. The molecular weight excluding hydrogens is 324 g/mol. The molecule has 126 valence electrons. The molecular formula is C18H21ClN4O. The highest BCUT2D eigenvalue weighted by atomic mass is 35.5. The first kappa shape index (κ1) is 15.8. The van der Waals surface area contributed by atoms with E-state index >= 15 is 0 Å². The van der Waals surface area contributed by atoms with Gasteiger partial charge in [0, 0.05) is 24.5 Å². The van der Waals surface area contributed by atoms with Crippen LogP contribution in [0.25, 0.3) is 10.9 Å². The fraction of sp³-hybridized carbons (Fsp3) is 0.444. The van der Waals surface area contributed by atoms with E-state index in [0.29, 0.717) is 5.92 Å². The second-order valence-electron chi connectivity index (χ2n) is 6.94. The summed E-state index contributed by atoms with van der Waals surface area (Å²) in [6.45, 7) is 3.47. The van der Waals surface area contributed by atoms with Gasteiger partial charge in [-0.1, -0.05) is 12.1 Å². The summed E-state index contributed by atoms with van der Waals surface area (Å²) >= 11 is 0. The molecule has 4 aliphatic rings. The molecule has 1 N–H and O–H groups in total. The second-order valence-corrected chi connectivity index (χ2v) is 6.94. The number of pyridine rings is 1. The smallest absolute Gasteiger partial charge is 0.129 e. The summed E-state index contributed by atoms with van der Waals surface area (Å²) in [7, 11) is 0. The van der Waals surface area contributed by atoms with Gasteiger partial charge in [0.25, 0.3) is 0 Å². The van der Waals surface area contributed by atoms with E-state index in [1.165, 1.54) is 25.9 Å². The fourth-order valence-corrected chi connectivity index (χ4v) is 4.30. The van der Waals surface area contributed by atoms with E-state index in [0.717, 1.165) is 35.4 Å². The number of hydrogen-bond acceptors (Lipinski definition) is 4. The molecule has 0 aliphatic carbocycles. The van der Waals surface area contributed by atoms with Crippen LogP contribution >= 0.6 is 12.4 Å². The Bertz CT molecular complexity index is 787. The summed E-state index contributed by atoms with van der Waals surface area (Å²) < 4.78 is 0. The van der Waals surface area contributed by atoms with Gasteiger partial charge in [-0.05, 0) is 50.0 Å². The number of hydroxylamine groups is 1. The van der Waals surface area contributed by atoms with Crippen molar-refractivity contribution in [3.63, 3.8) is 0 Å². The third kappa shape index (κ3) is 2.57. The highest BCUT2D eigenvalue weighted by Gasteiger charge is 2.52. The van der Waals surface area contributed by atoms with Crippen molar-refractivity contribution >= 4 is 34.8 Å². The first-order valence-corrected chi connectivity index (χ1v) is 8.40. The van der Waals surface area contributed by atoms with Gasteiger partial charge < -0.3 is 4.90 Å². The zero-order chi connectivity index (χ0) is 15.3. The molecule has 6 rings (SSSR count). The van der Waals surface area contributed by atoms with Gasteiger partial charge in [0.05, 0.1) is 11.2 Å². The molecule has 0 unspecified atom stereocenters. The van der Waals surface area contributed by atoms with E-state index in [1.807, 2.05) is 24.4 Å². The largest absolute Gasteiger partial charge is 0.300 e. The molecule has 4 saturated heterocycles. The standard InChI is InChI=1S/C18H20N4O.ClH/c1-2-13-3-4-15(10-16(13)19-7-1)20-17-11-18(23-21-17)12-22-8-5-14(18)6-9-22;/h1-4,7,10,14H,5-6,8-9,11-12H2,(H,20,21);1H/t18-;/m0./s1. The predicted molar refractivity (Wildman–Crippen MR) is 96.8 cm³/mol. The zero-order valence-electron chi connectivity index (χ0n) is 13.4. The fourth-order valence-electron chi connectivity index (χ4n) is 4.30. The molecule has 0 amide bonds. The van der Waals surface area contributed by atoms with Gasteiger partial charge in [-0.3, -0.25) is 15.3 Å². The number of benzene rings is 1. The Balaban J connectivity index is 0.00000146. The van der Waals surface area contributed by atoms with Gasteiger partial charge in [-0.25, -0.2) is 4.99 Å². The monoisotopic (exact) mass is 344 g/mol. The molecule has 1 aromatic carbocycles. The van der Waals surface area contributed by atoms with E-state index in [4.69, 9.17) is 9.83 Å². The van der Waals surface area contributed by atoms with E-state index < -0.39 is 0 Å². The van der Waals surface area contributed by atoms with E-state index in [2.05, 4.69) is 27.5 Å². The Labute approximate surface area is 147 Å². The molecule has 5 nitrogen and oxygen atoms in total. The topological polar surface area (TPSA) is 49.8 Å². The number of piperidine rings is 3. The minimum atomic E-state index is -0.0650. The van der Waals surface area contributed by atoms with E-state index in [1.54, 1.807) is 0 Å². The first-order valence-electron chi connectivity index (χ1n) is 8.40. The highest BCUT2D eigenvalue weighted by molar-refractivity contribution is 5.88. The summed E-state index contributed by atoms with van der Waals surface area (Å²) in [6.07, 6.45) is 5.19. The zero-order valence-corrected chi connectivity index (χ0v) is 14.3. The predicted octanol–water partition coefficient (Wildman–Crippen LogP) is 3.08. The third-order valence-corrected chi connectivity index (χ3v) is 5.52. The highest BCUT2D eigenvalue weighted by Crippen LogP contribution is 2.42. The van der Waals surface area contributed by atoms with Crippen LogP contribution < -0.4 is 5.48 Å². The van der Waals surface area contributed by atoms with Crippen LogP contribution in [0.15, 0.2) is 41.5 Å². The third-order valence-electron chi connectivity index (χ3n) is 5.52. The van der Waals surface area contributed by atoms with Gasteiger partial charge in [-0.2, -0.15) is 0 Å². The summed E-state index contributed by atoms with van der Waals surface area (Å²) in [5.74, 6) is 1.60. The van der Waals surface area contributed by atoms with E-state index in [-0.39, 0.29) is 18.0 Å². The summed E-state index contributed by atoms with van der Waals surface area (Å²) in [5.41, 5.74) is 4.95. The summed E-state index contributed by atoms with van der Waals surface area (Å²) in [6, 6.07) is 10.2. The van der Waals surface area contributed by atoms with Crippen LogP contribution in [0.4, 0.5) is 5.69 Å². The van der Waals surface area contributed by atoms with Gasteiger partial charge >= 0.3 is 0 Å². The number of nitrogens with one attached hydrogen (secondary N) is 1. The number of nitrogens with zero attached hydrogens (tertiary/aromatic N) is 3. The van der Waals surface area contributed by atoms with Crippen molar-refractivity contribution in [3.05, 3.63) is 36.5 Å². The van der Waals surface area contributed by atoms with Gasteiger partial charge in [0.1, 0.15) is 11.4 Å². The van der Waals surface area contributed by atoms with Gasteiger partial charge in [0.15, 0.2) is 0 Å². The van der Waals surface area contributed by atoms with Crippen LogP contribution in [0.3, 0.4) is 0 Å². The molecule has 1 aromatic heterocycles. The number of fused-ring (bicyclic) bond motifs is 3. The summed E-state index contributed by atoms with van der Waals surface area (Å²) in [5, 5.41) is 1.14. The Morgan fingerprint density at radius 1 is 1.25 bits per heavy atom. The van der Waals surface area contributed by atoms with Crippen molar-refractivity contribution < 1.29 is 4.84 Å². The Morgan fingerprint density at radius 3 is 2.92 bits per heavy atom. The SMILES string of the molecule is Cl.c1cnc2cc(N=C3C[C@@]4(CN5CCC4CC5)ON3)ccc2c1. The molecule has 6 heteroatoms. The Morgan fingerprint density at radius 2 is 2.12 bits per heavy atom. The molecule has 2 aromatic rings. The Kier molecular flexibility index (Phi) is 3.95. The molecule has 4 fully saturated rings. The minimum absolute atomic E-state index is 0. The van der Waals surface area contributed by atoms with Crippen LogP contribution in [0, 0.1) is 5.92 Å². The average Bonchev–Trinajstić information content (AvgIpc) is 2.98. The molecule has 0 saturated carbocycles. The van der Waals surface area contributed by atoms with E-state index in [9.17, 15) is 0 Å². The van der Waals surface area contributed by atoms with Crippen molar-refractivity contribution in [2.45, 2.75) is 24.9 Å². The van der Waals surface area contributed by atoms with Crippen LogP contribution in [-0.4, -0.2) is 41.0 Å². The van der Waals surface area contributed by atoms with Crippen LogP contribution in [0.1, 0.15) is 19.3 Å². The molecule has 1 spiro atoms. The number of halogens is 1. The Hall–Kier alpha value is -1.69. The first-order chi connectivity index (χ1) is 11.3. The van der Waals surface area contributed by atoms with Gasteiger partial charge in [-0.15, -0.1) is 12.4 Å². The number of rotatable bonds is 1. The minimum Gasteiger partial charge on any atom is -0.300 e. The molecule has 24 heavy (non-hydrogen) atoms. The van der Waals surface area contributed by atoms with Crippen LogP contribution in [0.2, 0.25) is 0 Å². The van der Waals surface area contributed by atoms with Crippen molar-refractivity contribution in [3.8, 4) is 0 Å². The number of aromatic nitrogens is 1. The maximum Gasteiger partial charge on any atom is 0.129 e. The van der Waals surface area contributed by atoms with Gasteiger partial charge in [0.2, 0.25) is 0 Å². The van der Waals surface area contributed by atoms with Crippen molar-refractivity contribution in [2.75, 3.05) is 19.6 Å². The molecule has 5 heterocycles. The van der Waals surface area contributed by atoms with Crippen LogP contribution in [-0.2, 0) is 4.84 Å². The average molecular weight is 345 g/mol. The van der Waals surface area contributed by atoms with Crippen molar-refractivity contribution in [1.82, 2.24) is 15.4 Å². The van der Waals surface area contributed by atoms with Crippen LogP contribution in [0.5, 0.6) is 0 Å². The lowest BCUT2D eigenvalue weighted by molar-refractivity contribution is -0.150. The lowest BCUT2D eigenvalue weighted by Gasteiger charge is -2.49. The maximum absolute atomic E-state index is 6.05. The normalized spacial score (nSPS) is 32.9. The van der Waals surface area contributed by atoms with Crippen molar-refractivity contribution in [2.24, 2.45) is 10.9 Å². The lowest BCUT2D eigenvalue weighted by atomic mass is 9.74.